The molecule has 0 aromatic heterocycles. The molecule has 1 aliphatic rings. The predicted molar refractivity (Wildman–Crippen MR) is 59.3 cm³/mol. The summed E-state index contributed by atoms with van der Waals surface area (Å²) in [5.74, 6) is -0.333. The van der Waals surface area contributed by atoms with Crippen LogP contribution in [0, 0.1) is 0 Å². The van der Waals surface area contributed by atoms with Crippen LogP contribution in [0.1, 0.15) is 41.0 Å². The average Bonchev–Trinajstić information content (AvgIpc) is 2.20. The van der Waals surface area contributed by atoms with E-state index >= 15 is 0 Å². The van der Waals surface area contributed by atoms with Crippen molar-refractivity contribution in [3.05, 3.63) is 0 Å². The van der Waals surface area contributed by atoms with E-state index in [0.717, 1.165) is 0 Å². The fourth-order valence-corrected chi connectivity index (χ4v) is 1.53. The lowest BCUT2D eigenvalue weighted by Crippen LogP contribution is -2.41. The van der Waals surface area contributed by atoms with Crippen molar-refractivity contribution in [3.8, 4) is 0 Å². The molecule has 0 aromatic carbocycles. The Morgan fingerprint density at radius 3 is 2.00 bits per heavy atom. The van der Waals surface area contributed by atoms with E-state index in [-0.39, 0.29) is 36.5 Å². The Labute approximate surface area is 91.6 Å². The third-order valence-corrected chi connectivity index (χ3v) is 3.26. The molecule has 1 rings (SSSR count). The second kappa shape index (κ2) is 3.79. The van der Waals surface area contributed by atoms with Crippen molar-refractivity contribution in [3.63, 3.8) is 0 Å². The van der Waals surface area contributed by atoms with E-state index in [2.05, 4.69) is 0 Å². The Kier molecular flexibility index (Phi) is 3.17. The van der Waals surface area contributed by atoms with Gasteiger partial charge in [0.05, 0.1) is 11.2 Å². The van der Waals surface area contributed by atoms with E-state index in [1.165, 1.54) is 0 Å². The van der Waals surface area contributed by atoms with E-state index in [1.54, 1.807) is 0 Å². The molecule has 1 fully saturated rings. The summed E-state index contributed by atoms with van der Waals surface area (Å²) in [6, 6.07) is 0. The highest BCUT2D eigenvalue weighted by Crippen LogP contribution is 2.40. The van der Waals surface area contributed by atoms with Gasteiger partial charge in [0.15, 0.2) is 0 Å². The smallest absolute Gasteiger partial charge is 0.403 e. The summed E-state index contributed by atoms with van der Waals surface area (Å²) >= 11 is 0. The number of carbonyl (C=O) groups excluding carboxylic acids is 1. The van der Waals surface area contributed by atoms with Crippen molar-refractivity contribution in [1.82, 2.24) is 0 Å². The average molecular weight is 213 g/mol. The van der Waals surface area contributed by atoms with Gasteiger partial charge in [0, 0.05) is 6.42 Å². The molecule has 86 valence electrons. The maximum atomic E-state index is 10.8. The first-order valence-electron chi connectivity index (χ1n) is 5.29. The fraction of sp³-hybridized carbons (Fsp3) is 0.900. The van der Waals surface area contributed by atoms with Crippen LogP contribution in [0.15, 0.2) is 0 Å². The molecule has 0 spiro atoms. The van der Waals surface area contributed by atoms with Crippen LogP contribution in [0.5, 0.6) is 0 Å². The normalized spacial score (nSPS) is 25.3. The van der Waals surface area contributed by atoms with Gasteiger partial charge in [-0.1, -0.05) is 6.92 Å². The molecule has 1 amide bonds. The van der Waals surface area contributed by atoms with Crippen LogP contribution in [-0.2, 0) is 14.1 Å². The van der Waals surface area contributed by atoms with Gasteiger partial charge in [-0.2, -0.15) is 0 Å². The van der Waals surface area contributed by atoms with Gasteiger partial charge in [-0.15, -0.1) is 0 Å². The lowest BCUT2D eigenvalue weighted by atomic mass is 9.71. The standard InChI is InChI=1S/C10H20BNO3/c1-7(6-8(12)13)11-14-9(2,3)10(4,5)15-11/h7H,6H2,1-5H3,(H2,12,13)/t7-/m0/s1. The highest BCUT2D eigenvalue weighted by atomic mass is 16.7. The van der Waals surface area contributed by atoms with Gasteiger partial charge < -0.3 is 15.0 Å². The van der Waals surface area contributed by atoms with Crippen molar-refractivity contribution < 1.29 is 14.1 Å². The molecule has 0 aliphatic carbocycles. The molecular weight excluding hydrogens is 193 g/mol. The van der Waals surface area contributed by atoms with Gasteiger partial charge in [0.2, 0.25) is 5.91 Å². The first-order chi connectivity index (χ1) is 6.66. The van der Waals surface area contributed by atoms with E-state index in [9.17, 15) is 4.79 Å². The minimum absolute atomic E-state index is 0.0106. The van der Waals surface area contributed by atoms with E-state index in [1.807, 2.05) is 34.6 Å². The minimum atomic E-state index is -0.345. The molecule has 5 heteroatoms. The van der Waals surface area contributed by atoms with E-state index in [4.69, 9.17) is 15.0 Å². The van der Waals surface area contributed by atoms with Crippen molar-refractivity contribution in [2.45, 2.75) is 58.1 Å². The fourth-order valence-electron chi connectivity index (χ4n) is 1.53. The van der Waals surface area contributed by atoms with E-state index < -0.39 is 0 Å². The first kappa shape index (κ1) is 12.5. The van der Waals surface area contributed by atoms with Crippen LogP contribution in [0.25, 0.3) is 0 Å². The third kappa shape index (κ3) is 2.52. The molecule has 1 saturated heterocycles. The van der Waals surface area contributed by atoms with Crippen LogP contribution in [0.2, 0.25) is 5.82 Å². The number of primary amides is 1. The molecule has 4 nitrogen and oxygen atoms in total. The Morgan fingerprint density at radius 1 is 1.27 bits per heavy atom. The number of hydrogen-bond donors (Lipinski definition) is 1. The minimum Gasteiger partial charge on any atom is -0.403 e. The van der Waals surface area contributed by atoms with Crippen LogP contribution in [0.4, 0.5) is 0 Å². The molecule has 1 heterocycles. The zero-order valence-electron chi connectivity index (χ0n) is 10.2. The Hall–Kier alpha value is -0.545. The number of hydrogen-bond acceptors (Lipinski definition) is 3. The summed E-state index contributed by atoms with van der Waals surface area (Å²) < 4.78 is 11.6. The summed E-state index contributed by atoms with van der Waals surface area (Å²) in [6.07, 6.45) is 0.289. The van der Waals surface area contributed by atoms with Crippen LogP contribution < -0.4 is 5.73 Å². The molecule has 0 aromatic rings. The highest BCUT2D eigenvalue weighted by molar-refractivity contribution is 6.47. The molecular formula is C10H20BNO3. The second-order valence-corrected chi connectivity index (χ2v) is 5.27. The highest BCUT2D eigenvalue weighted by Gasteiger charge is 2.52. The number of amides is 1. The lowest BCUT2D eigenvalue weighted by molar-refractivity contribution is -0.118. The molecule has 2 N–H and O–H groups in total. The van der Waals surface area contributed by atoms with Crippen LogP contribution in [0.3, 0.4) is 0 Å². The summed E-state index contributed by atoms with van der Waals surface area (Å²) in [7, 11) is -0.345. The molecule has 0 saturated carbocycles. The zero-order valence-corrected chi connectivity index (χ0v) is 10.2. The van der Waals surface area contributed by atoms with Crippen LogP contribution in [-0.4, -0.2) is 24.2 Å². The van der Waals surface area contributed by atoms with Gasteiger partial charge in [-0.3, -0.25) is 4.79 Å². The van der Waals surface area contributed by atoms with Gasteiger partial charge in [-0.25, -0.2) is 0 Å². The number of carbonyl (C=O) groups is 1. The Bertz CT molecular complexity index is 249. The van der Waals surface area contributed by atoms with Gasteiger partial charge in [0.1, 0.15) is 0 Å². The quantitative estimate of drug-likeness (QED) is 0.719. The maximum absolute atomic E-state index is 10.8. The van der Waals surface area contributed by atoms with Gasteiger partial charge in [-0.05, 0) is 33.5 Å². The summed E-state index contributed by atoms with van der Waals surface area (Å²) in [4.78, 5) is 10.8. The number of rotatable bonds is 3. The van der Waals surface area contributed by atoms with Crippen molar-refractivity contribution in [2.75, 3.05) is 0 Å². The Balaban J connectivity index is 2.66. The first-order valence-corrected chi connectivity index (χ1v) is 5.29. The predicted octanol–water partition coefficient (Wildman–Crippen LogP) is 1.34. The van der Waals surface area contributed by atoms with Crippen molar-refractivity contribution >= 4 is 13.0 Å². The van der Waals surface area contributed by atoms with Crippen molar-refractivity contribution in [1.29, 1.82) is 0 Å². The SMILES string of the molecule is C[C@@H](CC(N)=O)B1OC(C)(C)C(C)(C)O1. The summed E-state index contributed by atoms with van der Waals surface area (Å²) in [5, 5.41) is 0. The largest absolute Gasteiger partial charge is 0.461 e. The summed E-state index contributed by atoms with van der Waals surface area (Å²) in [6.45, 7) is 9.87. The Morgan fingerprint density at radius 2 is 1.67 bits per heavy atom. The summed E-state index contributed by atoms with van der Waals surface area (Å²) in [5.41, 5.74) is 4.46. The van der Waals surface area contributed by atoms with Gasteiger partial charge >= 0.3 is 7.12 Å². The number of nitrogens with two attached hydrogens (primary N) is 1. The van der Waals surface area contributed by atoms with E-state index in [0.29, 0.717) is 0 Å². The van der Waals surface area contributed by atoms with Crippen LogP contribution >= 0.6 is 0 Å². The molecule has 0 radical (unpaired) electrons. The molecule has 0 unspecified atom stereocenters. The topological polar surface area (TPSA) is 61.6 Å². The molecule has 1 atom stereocenters. The molecule has 0 bridgehead atoms. The second-order valence-electron chi connectivity index (χ2n) is 5.27. The maximum Gasteiger partial charge on any atom is 0.461 e. The third-order valence-electron chi connectivity index (χ3n) is 3.26. The van der Waals surface area contributed by atoms with Gasteiger partial charge in [0.25, 0.3) is 0 Å². The lowest BCUT2D eigenvalue weighted by Gasteiger charge is -2.32. The molecule has 15 heavy (non-hydrogen) atoms. The monoisotopic (exact) mass is 213 g/mol. The van der Waals surface area contributed by atoms with Crippen molar-refractivity contribution in [2.24, 2.45) is 5.73 Å². The molecule has 1 aliphatic heterocycles. The zero-order chi connectivity index (χ0) is 11.9.